The zero-order valence-electron chi connectivity index (χ0n) is 23.8. The van der Waals surface area contributed by atoms with E-state index >= 15 is 0 Å². The highest BCUT2D eigenvalue weighted by Gasteiger charge is 2.38. The van der Waals surface area contributed by atoms with E-state index in [4.69, 9.17) is 18.1 Å². The van der Waals surface area contributed by atoms with Crippen LogP contribution in [0.1, 0.15) is 86.2 Å². The molecule has 0 N–H and O–H groups in total. The lowest BCUT2D eigenvalue weighted by Crippen LogP contribution is -2.15. The molecule has 0 radical (unpaired) electrons. The minimum Gasteiger partial charge on any atom is -0.303 e. The molecule has 0 bridgehead atoms. The topological polar surface area (TPSA) is 105 Å². The van der Waals surface area contributed by atoms with Crippen LogP contribution in [0.25, 0.3) is 0 Å². The van der Waals surface area contributed by atoms with Crippen molar-refractivity contribution in [2.24, 2.45) is 0 Å². The monoisotopic (exact) mass is 568 g/mol. The average molecular weight is 569 g/mol. The van der Waals surface area contributed by atoms with Crippen LogP contribution in [0.2, 0.25) is 0 Å². The summed E-state index contributed by atoms with van der Waals surface area (Å²) in [6, 6.07) is 14.0. The third kappa shape index (κ3) is 10.3. The van der Waals surface area contributed by atoms with E-state index in [0.29, 0.717) is 24.0 Å². The Bertz CT molecular complexity index is 1120. The molecular formula is C28H42O8P2. The van der Waals surface area contributed by atoms with Crippen LogP contribution >= 0.6 is 15.2 Å². The summed E-state index contributed by atoms with van der Waals surface area (Å²) < 4.78 is 46.4. The molecule has 2 rings (SSSR count). The first-order valence-electron chi connectivity index (χ1n) is 12.9. The second-order valence-corrected chi connectivity index (χ2v) is 13.0. The Hall–Kier alpha value is -1.92. The van der Waals surface area contributed by atoms with Gasteiger partial charge >= 0.3 is 15.2 Å². The normalized spacial score (nSPS) is 11.8. The van der Waals surface area contributed by atoms with Gasteiger partial charge in [0.2, 0.25) is 0 Å². The van der Waals surface area contributed by atoms with Gasteiger partial charge in [-0.15, -0.1) is 0 Å². The summed E-state index contributed by atoms with van der Waals surface area (Å²) in [5.41, 5.74) is 1.19. The number of benzene rings is 2. The van der Waals surface area contributed by atoms with Crippen LogP contribution < -0.4 is 0 Å². The Morgan fingerprint density at radius 3 is 1.32 bits per heavy atom. The van der Waals surface area contributed by atoms with Crippen molar-refractivity contribution >= 4 is 26.2 Å². The fraction of sp³-hybridized carbons (Fsp3) is 0.500. The lowest BCUT2D eigenvalue weighted by Gasteiger charge is -2.22. The van der Waals surface area contributed by atoms with Gasteiger partial charge in [-0.3, -0.25) is 18.7 Å². The van der Waals surface area contributed by atoms with E-state index in [0.717, 1.165) is 11.1 Å². The first-order valence-corrected chi connectivity index (χ1v) is 16.0. The Balaban J connectivity index is 0.000000380. The fourth-order valence-corrected chi connectivity index (χ4v) is 6.77. The standard InChI is InChI=1S/2C14H21O4P/c1-10(2)17-19(16,18-11(3)4)14(15)13-9-7-6-8-12(13)5;1-4-10-17-19(16,18-11-5-2)14(15)13-9-7-6-8-12(13)3/h6-11H,1-5H3;6-9H,4-5,10-11H2,1-3H3. The summed E-state index contributed by atoms with van der Waals surface area (Å²) in [7, 11) is -7.54. The zero-order valence-corrected chi connectivity index (χ0v) is 25.6. The Morgan fingerprint density at radius 1 is 0.658 bits per heavy atom. The Kier molecular flexibility index (Phi) is 14.6. The molecule has 0 saturated heterocycles. The van der Waals surface area contributed by atoms with Crippen molar-refractivity contribution in [3.63, 3.8) is 0 Å². The predicted molar refractivity (Wildman–Crippen MR) is 151 cm³/mol. The summed E-state index contributed by atoms with van der Waals surface area (Å²) >= 11 is 0. The predicted octanol–water partition coefficient (Wildman–Crippen LogP) is 8.36. The minimum atomic E-state index is -3.81. The number of hydrogen-bond acceptors (Lipinski definition) is 8. The zero-order chi connectivity index (χ0) is 28.9. The fourth-order valence-electron chi connectivity index (χ4n) is 3.17. The molecule has 0 saturated carbocycles. The van der Waals surface area contributed by atoms with Crippen molar-refractivity contribution in [2.45, 2.75) is 80.4 Å². The molecule has 0 aliphatic heterocycles. The summed E-state index contributed by atoms with van der Waals surface area (Å²) in [6.07, 6.45) is 0.663. The van der Waals surface area contributed by atoms with Gasteiger partial charge in [-0.2, -0.15) is 0 Å². The summed E-state index contributed by atoms with van der Waals surface area (Å²) in [5, 5.41) is 0. The van der Waals surface area contributed by atoms with Crippen LogP contribution in [0.3, 0.4) is 0 Å². The van der Waals surface area contributed by atoms with Crippen molar-refractivity contribution in [3.05, 3.63) is 70.8 Å². The van der Waals surface area contributed by atoms with Gasteiger partial charge in [0.05, 0.1) is 25.4 Å². The van der Waals surface area contributed by atoms with E-state index in [2.05, 4.69) is 0 Å². The molecule has 0 aliphatic rings. The molecule has 0 aromatic heterocycles. The molecular weight excluding hydrogens is 526 g/mol. The highest BCUT2D eigenvalue weighted by atomic mass is 31.2. The SMILES string of the molecule is CCCOP(=O)(OCCC)C(=O)c1ccccc1C.Cc1ccccc1C(=O)P(=O)(OC(C)C)OC(C)C. The lowest BCUT2D eigenvalue weighted by molar-refractivity contribution is 0.0923. The van der Waals surface area contributed by atoms with Gasteiger partial charge in [0.1, 0.15) is 0 Å². The lowest BCUT2D eigenvalue weighted by atomic mass is 10.1. The molecule has 0 amide bonds. The van der Waals surface area contributed by atoms with Crippen molar-refractivity contribution in [2.75, 3.05) is 13.2 Å². The van der Waals surface area contributed by atoms with Crippen LogP contribution in [0.5, 0.6) is 0 Å². The van der Waals surface area contributed by atoms with Crippen LogP contribution in [0.15, 0.2) is 48.5 Å². The van der Waals surface area contributed by atoms with Crippen LogP contribution in [-0.4, -0.2) is 36.5 Å². The van der Waals surface area contributed by atoms with E-state index in [1.807, 2.05) is 26.0 Å². The van der Waals surface area contributed by atoms with E-state index in [-0.39, 0.29) is 25.4 Å². The molecule has 0 atom stereocenters. The Morgan fingerprint density at radius 2 is 1.00 bits per heavy atom. The van der Waals surface area contributed by atoms with Crippen molar-refractivity contribution in [1.82, 2.24) is 0 Å². The first-order chi connectivity index (χ1) is 17.8. The minimum absolute atomic E-state index is 0.249. The largest absolute Gasteiger partial charge is 0.402 e. The third-order valence-electron chi connectivity index (χ3n) is 4.88. The number of carbonyl (C=O) groups excluding carboxylic acids is 2. The number of rotatable bonds is 14. The molecule has 0 unspecified atom stereocenters. The summed E-state index contributed by atoms with van der Waals surface area (Å²) in [6.45, 7) is 14.8. The molecule has 10 heteroatoms. The molecule has 2 aromatic carbocycles. The van der Waals surface area contributed by atoms with E-state index in [1.54, 1.807) is 77.9 Å². The third-order valence-corrected chi connectivity index (χ3v) is 8.80. The molecule has 38 heavy (non-hydrogen) atoms. The van der Waals surface area contributed by atoms with E-state index < -0.39 is 26.2 Å². The van der Waals surface area contributed by atoms with Gasteiger partial charge in [0, 0.05) is 11.1 Å². The molecule has 2 aromatic rings. The number of hydrogen-bond donors (Lipinski definition) is 0. The van der Waals surface area contributed by atoms with Crippen molar-refractivity contribution < 1.29 is 36.8 Å². The summed E-state index contributed by atoms with van der Waals surface area (Å²) in [5.74, 6) is 0. The van der Waals surface area contributed by atoms with Crippen LogP contribution in [0, 0.1) is 13.8 Å². The Labute approximate surface area is 227 Å². The van der Waals surface area contributed by atoms with Gasteiger partial charge in [-0.25, -0.2) is 0 Å². The van der Waals surface area contributed by atoms with Crippen molar-refractivity contribution in [3.8, 4) is 0 Å². The molecule has 0 heterocycles. The maximum Gasteiger partial charge on any atom is 0.402 e. The molecule has 0 fully saturated rings. The maximum atomic E-state index is 12.7. The molecule has 212 valence electrons. The van der Waals surface area contributed by atoms with Gasteiger partial charge in [0.25, 0.3) is 11.0 Å². The van der Waals surface area contributed by atoms with E-state index in [9.17, 15) is 18.7 Å². The van der Waals surface area contributed by atoms with E-state index in [1.165, 1.54) is 0 Å². The number of carbonyl (C=O) groups is 2. The van der Waals surface area contributed by atoms with Gasteiger partial charge in [0.15, 0.2) is 0 Å². The smallest absolute Gasteiger partial charge is 0.303 e. The quantitative estimate of drug-likeness (QED) is 0.209. The maximum absolute atomic E-state index is 12.7. The van der Waals surface area contributed by atoms with Crippen LogP contribution in [-0.2, 0) is 27.2 Å². The second-order valence-electron chi connectivity index (χ2n) is 9.21. The van der Waals surface area contributed by atoms with Crippen LogP contribution in [0.4, 0.5) is 0 Å². The van der Waals surface area contributed by atoms with Gasteiger partial charge < -0.3 is 18.1 Å². The average Bonchev–Trinajstić information content (AvgIpc) is 2.85. The molecule has 0 aliphatic carbocycles. The summed E-state index contributed by atoms with van der Waals surface area (Å²) in [4.78, 5) is 24.8. The highest BCUT2D eigenvalue weighted by molar-refractivity contribution is 7.73. The molecule has 0 spiro atoms. The van der Waals surface area contributed by atoms with Gasteiger partial charge in [-0.1, -0.05) is 62.4 Å². The molecule has 8 nitrogen and oxygen atoms in total. The van der Waals surface area contributed by atoms with Gasteiger partial charge in [-0.05, 0) is 65.5 Å². The van der Waals surface area contributed by atoms with Crippen molar-refractivity contribution in [1.29, 1.82) is 0 Å². The first kappa shape index (κ1) is 34.1. The highest BCUT2D eigenvalue weighted by Crippen LogP contribution is 2.54. The second kappa shape index (κ2) is 16.2. The number of aryl methyl sites for hydroxylation is 2.